The van der Waals surface area contributed by atoms with Gasteiger partial charge < -0.3 is 0 Å². The first-order valence-corrected chi connectivity index (χ1v) is 10.7. The van der Waals surface area contributed by atoms with Crippen molar-refractivity contribution in [3.05, 3.63) is 60.7 Å². The summed E-state index contributed by atoms with van der Waals surface area (Å²) in [5, 5.41) is 3.88. The Kier molecular flexibility index (Phi) is 4.17. The summed E-state index contributed by atoms with van der Waals surface area (Å²) in [6.45, 7) is 7.26. The van der Waals surface area contributed by atoms with Crippen LogP contribution in [0.2, 0.25) is 0 Å². The van der Waals surface area contributed by atoms with Crippen molar-refractivity contribution in [3.8, 4) is 0 Å². The summed E-state index contributed by atoms with van der Waals surface area (Å²) in [6, 6.07) is 22.5. The van der Waals surface area contributed by atoms with E-state index >= 15 is 0 Å². The van der Waals surface area contributed by atoms with E-state index in [0.717, 1.165) is 5.25 Å². The van der Waals surface area contributed by atoms with Crippen molar-refractivity contribution in [1.82, 2.24) is 0 Å². The number of thioether (sulfide) groups is 1. The molecule has 2 heteroatoms. The van der Waals surface area contributed by atoms with Gasteiger partial charge in [-0.1, -0.05) is 36.4 Å². The zero-order valence-corrected chi connectivity index (χ0v) is 14.8. The highest BCUT2D eigenvalue weighted by Gasteiger charge is 2.52. The van der Waals surface area contributed by atoms with Gasteiger partial charge in [0.05, 0.1) is 30.2 Å². The van der Waals surface area contributed by atoms with Gasteiger partial charge in [-0.25, -0.2) is 0 Å². The molecule has 0 amide bonds. The highest BCUT2D eigenvalue weighted by atomic mass is 32.2. The third kappa shape index (κ3) is 3.05. The SMILES string of the molecule is C[C@H]1C[P+](c2ccccc2)(c2ccccc2)CC(C)(C)S1. The summed E-state index contributed by atoms with van der Waals surface area (Å²) < 4.78 is 0.358. The molecular weight excluding hydrogens is 291 g/mol. The first-order chi connectivity index (χ1) is 10.0. The maximum absolute atomic E-state index is 2.42. The van der Waals surface area contributed by atoms with Crippen molar-refractivity contribution in [2.24, 2.45) is 0 Å². The lowest BCUT2D eigenvalue weighted by Gasteiger charge is -2.42. The van der Waals surface area contributed by atoms with Gasteiger partial charge in [-0.2, -0.15) is 0 Å². The quantitative estimate of drug-likeness (QED) is 0.732. The van der Waals surface area contributed by atoms with E-state index in [0.29, 0.717) is 4.75 Å². The number of hydrogen-bond donors (Lipinski definition) is 0. The Morgan fingerprint density at radius 1 is 0.905 bits per heavy atom. The normalized spacial score (nSPS) is 23.7. The van der Waals surface area contributed by atoms with E-state index in [1.54, 1.807) is 10.6 Å². The third-order valence-corrected chi connectivity index (χ3v) is 11.1. The Morgan fingerprint density at radius 3 is 1.81 bits per heavy atom. The molecule has 0 aliphatic carbocycles. The highest BCUT2D eigenvalue weighted by Crippen LogP contribution is 2.64. The molecule has 0 bridgehead atoms. The van der Waals surface area contributed by atoms with Crippen molar-refractivity contribution < 1.29 is 0 Å². The smallest absolute Gasteiger partial charge is 0.0992 e. The Hall–Kier alpha value is -0.780. The first-order valence-electron chi connectivity index (χ1n) is 7.68. The summed E-state index contributed by atoms with van der Waals surface area (Å²) in [5.41, 5.74) is 0. The number of hydrogen-bond acceptors (Lipinski definition) is 1. The van der Waals surface area contributed by atoms with E-state index in [4.69, 9.17) is 0 Å². The molecule has 0 saturated carbocycles. The van der Waals surface area contributed by atoms with E-state index in [9.17, 15) is 0 Å². The molecule has 0 N–H and O–H groups in total. The molecule has 0 spiro atoms. The van der Waals surface area contributed by atoms with Crippen molar-refractivity contribution in [2.75, 3.05) is 12.3 Å². The molecule has 0 aromatic heterocycles. The van der Waals surface area contributed by atoms with Gasteiger partial charge in [-0.15, -0.1) is 11.8 Å². The van der Waals surface area contributed by atoms with Crippen LogP contribution in [-0.2, 0) is 0 Å². The fraction of sp³-hybridized carbons (Fsp3) is 0.368. The molecule has 1 aliphatic heterocycles. The Balaban J connectivity index is 2.16. The van der Waals surface area contributed by atoms with Gasteiger partial charge in [-0.3, -0.25) is 0 Å². The van der Waals surface area contributed by atoms with E-state index in [2.05, 4.69) is 93.2 Å². The molecule has 21 heavy (non-hydrogen) atoms. The van der Waals surface area contributed by atoms with Gasteiger partial charge in [0.25, 0.3) is 0 Å². The summed E-state index contributed by atoms with van der Waals surface area (Å²) in [7, 11) is -1.29. The average molecular weight is 315 g/mol. The van der Waals surface area contributed by atoms with Crippen LogP contribution in [0.5, 0.6) is 0 Å². The van der Waals surface area contributed by atoms with Gasteiger partial charge in [0, 0.05) is 10.00 Å². The minimum Gasteiger partial charge on any atom is -0.145 e. The van der Waals surface area contributed by atoms with Crippen LogP contribution in [0.15, 0.2) is 60.7 Å². The number of benzene rings is 2. The summed E-state index contributed by atoms with van der Waals surface area (Å²) in [4.78, 5) is 0. The number of rotatable bonds is 2. The van der Waals surface area contributed by atoms with E-state index < -0.39 is 7.26 Å². The van der Waals surface area contributed by atoms with Crippen molar-refractivity contribution in [3.63, 3.8) is 0 Å². The predicted molar refractivity (Wildman–Crippen MR) is 99.9 cm³/mol. The third-order valence-electron chi connectivity index (χ3n) is 4.24. The first kappa shape index (κ1) is 15.1. The molecule has 1 aliphatic rings. The monoisotopic (exact) mass is 315 g/mol. The van der Waals surface area contributed by atoms with Gasteiger partial charge in [0.2, 0.25) is 0 Å². The molecule has 1 atom stereocenters. The van der Waals surface area contributed by atoms with Crippen LogP contribution in [0, 0.1) is 0 Å². The van der Waals surface area contributed by atoms with Crippen molar-refractivity contribution in [1.29, 1.82) is 0 Å². The van der Waals surface area contributed by atoms with Gasteiger partial charge in [-0.05, 0) is 45.0 Å². The molecule has 2 aromatic rings. The molecule has 110 valence electrons. The molecule has 0 nitrogen and oxygen atoms in total. The van der Waals surface area contributed by atoms with Crippen LogP contribution < -0.4 is 10.6 Å². The van der Waals surface area contributed by atoms with Gasteiger partial charge in [0.1, 0.15) is 0 Å². The molecular formula is C19H24PS+. The average Bonchev–Trinajstić information content (AvgIpc) is 2.47. The summed E-state index contributed by atoms with van der Waals surface area (Å²) >= 11 is 2.16. The lowest BCUT2D eigenvalue weighted by molar-refractivity contribution is 0.787. The predicted octanol–water partition coefficient (Wildman–Crippen LogP) is 4.57. The molecule has 0 radical (unpaired) electrons. The molecule has 1 heterocycles. The summed E-state index contributed by atoms with van der Waals surface area (Å²) in [6.07, 6.45) is 2.64. The van der Waals surface area contributed by atoms with E-state index in [1.807, 2.05) is 0 Å². The maximum Gasteiger partial charge on any atom is 0.0992 e. The molecule has 2 aromatic carbocycles. The van der Waals surface area contributed by atoms with Crippen LogP contribution in [0.3, 0.4) is 0 Å². The molecule has 0 unspecified atom stereocenters. The van der Waals surface area contributed by atoms with Crippen LogP contribution in [0.4, 0.5) is 0 Å². The Labute approximate surface area is 133 Å². The second-order valence-corrected chi connectivity index (χ2v) is 12.5. The van der Waals surface area contributed by atoms with E-state index in [-0.39, 0.29) is 0 Å². The van der Waals surface area contributed by atoms with Crippen LogP contribution in [0.25, 0.3) is 0 Å². The molecule has 3 rings (SSSR count). The molecule has 1 fully saturated rings. The van der Waals surface area contributed by atoms with Crippen LogP contribution in [-0.4, -0.2) is 22.3 Å². The fourth-order valence-electron chi connectivity index (χ4n) is 3.74. The second-order valence-electron chi connectivity index (χ2n) is 6.67. The minimum atomic E-state index is -1.29. The Bertz CT molecular complexity index is 552. The fourth-order valence-corrected chi connectivity index (χ4v) is 11.7. The second kappa shape index (κ2) is 5.78. The maximum atomic E-state index is 2.42. The zero-order valence-electron chi connectivity index (χ0n) is 13.1. The van der Waals surface area contributed by atoms with Gasteiger partial charge in [0.15, 0.2) is 0 Å². The topological polar surface area (TPSA) is 0 Å². The van der Waals surface area contributed by atoms with Crippen molar-refractivity contribution >= 4 is 29.6 Å². The van der Waals surface area contributed by atoms with Gasteiger partial charge >= 0.3 is 0 Å². The standard InChI is InChI=1S/C19H24PS/c1-16-14-20(15-19(2,3)21-16,17-10-6-4-7-11-17)18-12-8-5-9-13-18/h4-13,16H,14-15H2,1-3H3/q+1/t16-/m0/s1. The zero-order chi connectivity index (χ0) is 14.9. The lowest BCUT2D eigenvalue weighted by atomic mass is 10.2. The Morgan fingerprint density at radius 2 is 1.38 bits per heavy atom. The summed E-state index contributed by atoms with van der Waals surface area (Å²) in [5.74, 6) is 0. The largest absolute Gasteiger partial charge is 0.145 e. The minimum absolute atomic E-state index is 0.358. The van der Waals surface area contributed by atoms with Crippen molar-refractivity contribution in [2.45, 2.75) is 30.8 Å². The van der Waals surface area contributed by atoms with Crippen LogP contribution >= 0.6 is 19.0 Å². The van der Waals surface area contributed by atoms with E-state index in [1.165, 1.54) is 12.3 Å². The molecule has 1 saturated heterocycles. The highest BCUT2D eigenvalue weighted by molar-refractivity contribution is 8.04. The lowest BCUT2D eigenvalue weighted by Crippen LogP contribution is -2.42. The van der Waals surface area contributed by atoms with Crippen LogP contribution in [0.1, 0.15) is 20.8 Å².